The lowest BCUT2D eigenvalue weighted by atomic mass is 10.4. The molecule has 1 aliphatic carbocycles. The molecule has 1 aromatic heterocycles. The Morgan fingerprint density at radius 2 is 2.19 bits per heavy atom. The second-order valence-electron chi connectivity index (χ2n) is 4.08. The first-order chi connectivity index (χ1) is 7.81. The highest BCUT2D eigenvalue weighted by atomic mass is 15.2. The van der Waals surface area contributed by atoms with Crippen molar-refractivity contribution in [3.05, 3.63) is 12.4 Å². The number of hydrogen-bond acceptors (Lipinski definition) is 5. The van der Waals surface area contributed by atoms with Gasteiger partial charge in [-0.3, -0.25) is 4.90 Å². The van der Waals surface area contributed by atoms with E-state index in [9.17, 15) is 0 Å². The van der Waals surface area contributed by atoms with Crippen LogP contribution in [-0.4, -0.2) is 40.5 Å². The van der Waals surface area contributed by atoms with Crippen LogP contribution in [0.1, 0.15) is 19.8 Å². The number of hydrogen-bond donors (Lipinski definition) is 2. The first kappa shape index (κ1) is 11.1. The van der Waals surface area contributed by atoms with E-state index in [4.69, 9.17) is 5.73 Å². The van der Waals surface area contributed by atoms with Crippen molar-refractivity contribution < 1.29 is 0 Å². The van der Waals surface area contributed by atoms with Gasteiger partial charge in [0.2, 0.25) is 0 Å². The number of aromatic nitrogens is 2. The van der Waals surface area contributed by atoms with E-state index >= 15 is 0 Å². The molecule has 5 heteroatoms. The predicted octanol–water partition coefficient (Wildman–Crippen LogP) is 0.955. The number of nitrogens with zero attached hydrogens (tertiary/aromatic N) is 3. The molecule has 1 heterocycles. The van der Waals surface area contributed by atoms with E-state index in [0.717, 1.165) is 25.7 Å². The Kier molecular flexibility index (Phi) is 3.56. The average molecular weight is 221 g/mol. The molecule has 0 atom stereocenters. The van der Waals surface area contributed by atoms with Crippen molar-refractivity contribution in [2.45, 2.75) is 25.8 Å². The van der Waals surface area contributed by atoms with Crippen LogP contribution < -0.4 is 11.1 Å². The van der Waals surface area contributed by atoms with E-state index in [1.54, 1.807) is 12.4 Å². The minimum Gasteiger partial charge on any atom is -0.381 e. The Hall–Kier alpha value is -1.36. The van der Waals surface area contributed by atoms with Crippen molar-refractivity contribution in [1.82, 2.24) is 14.9 Å². The van der Waals surface area contributed by atoms with Crippen LogP contribution in [0, 0.1) is 0 Å². The number of nitrogen functional groups attached to an aromatic ring is 1. The summed E-state index contributed by atoms with van der Waals surface area (Å²) >= 11 is 0. The Balaban J connectivity index is 1.77. The fourth-order valence-corrected chi connectivity index (χ4v) is 1.84. The van der Waals surface area contributed by atoms with Crippen LogP contribution in [0.5, 0.6) is 0 Å². The number of anilines is 2. The molecule has 1 aromatic rings. The topological polar surface area (TPSA) is 67.1 Å². The zero-order valence-electron chi connectivity index (χ0n) is 9.69. The maximum Gasteiger partial charge on any atom is 0.168 e. The highest BCUT2D eigenvalue weighted by molar-refractivity contribution is 5.54. The minimum absolute atomic E-state index is 0.469. The summed E-state index contributed by atoms with van der Waals surface area (Å²) in [6.45, 7) is 5.22. The summed E-state index contributed by atoms with van der Waals surface area (Å²) in [5.41, 5.74) is 5.69. The number of rotatable bonds is 6. The normalized spacial score (nSPS) is 15.4. The van der Waals surface area contributed by atoms with Crippen molar-refractivity contribution in [3.8, 4) is 0 Å². The second kappa shape index (κ2) is 5.12. The van der Waals surface area contributed by atoms with Crippen molar-refractivity contribution in [3.63, 3.8) is 0 Å². The monoisotopic (exact) mass is 221 g/mol. The Labute approximate surface area is 96.1 Å². The summed E-state index contributed by atoms with van der Waals surface area (Å²) in [4.78, 5) is 10.6. The van der Waals surface area contributed by atoms with Gasteiger partial charge < -0.3 is 11.1 Å². The molecular formula is C11H19N5. The lowest BCUT2D eigenvalue weighted by Gasteiger charge is -2.19. The largest absolute Gasteiger partial charge is 0.381 e. The highest BCUT2D eigenvalue weighted by Gasteiger charge is 2.27. The summed E-state index contributed by atoms with van der Waals surface area (Å²) in [5.74, 6) is 1.16. The maximum absolute atomic E-state index is 5.69. The van der Waals surface area contributed by atoms with E-state index in [0.29, 0.717) is 11.6 Å². The van der Waals surface area contributed by atoms with Crippen LogP contribution in [0.4, 0.5) is 11.6 Å². The lowest BCUT2D eigenvalue weighted by molar-refractivity contribution is 0.289. The molecule has 3 N–H and O–H groups in total. The zero-order chi connectivity index (χ0) is 11.4. The SMILES string of the molecule is CCN(CCNc1nccnc1N)C1CC1. The Bertz CT molecular complexity index is 337. The molecule has 0 amide bonds. The molecule has 0 aliphatic heterocycles. The van der Waals surface area contributed by atoms with Gasteiger partial charge in [-0.1, -0.05) is 6.92 Å². The quantitative estimate of drug-likeness (QED) is 0.748. The van der Waals surface area contributed by atoms with E-state index in [1.807, 2.05) is 0 Å². The molecule has 0 spiro atoms. The van der Waals surface area contributed by atoms with Gasteiger partial charge in [-0.15, -0.1) is 0 Å². The van der Waals surface area contributed by atoms with Gasteiger partial charge in [0.05, 0.1) is 0 Å². The molecule has 16 heavy (non-hydrogen) atoms. The summed E-state index contributed by atoms with van der Waals surface area (Å²) in [5, 5.41) is 3.22. The summed E-state index contributed by atoms with van der Waals surface area (Å²) in [7, 11) is 0. The van der Waals surface area contributed by atoms with Crippen LogP contribution in [0.15, 0.2) is 12.4 Å². The highest BCUT2D eigenvalue weighted by Crippen LogP contribution is 2.26. The van der Waals surface area contributed by atoms with E-state index < -0.39 is 0 Å². The van der Waals surface area contributed by atoms with Crippen molar-refractivity contribution in [2.24, 2.45) is 0 Å². The van der Waals surface area contributed by atoms with E-state index in [-0.39, 0.29) is 0 Å². The van der Waals surface area contributed by atoms with Gasteiger partial charge in [-0.05, 0) is 19.4 Å². The van der Waals surface area contributed by atoms with Gasteiger partial charge >= 0.3 is 0 Å². The third-order valence-corrected chi connectivity index (χ3v) is 2.89. The minimum atomic E-state index is 0.469. The molecule has 5 nitrogen and oxygen atoms in total. The maximum atomic E-state index is 5.69. The lowest BCUT2D eigenvalue weighted by Crippen LogP contribution is -2.31. The van der Waals surface area contributed by atoms with Gasteiger partial charge in [0.15, 0.2) is 11.6 Å². The molecule has 0 radical (unpaired) electrons. The third kappa shape index (κ3) is 2.82. The molecule has 0 aromatic carbocycles. The molecule has 0 bridgehead atoms. The van der Waals surface area contributed by atoms with Crippen LogP contribution in [0.25, 0.3) is 0 Å². The zero-order valence-corrected chi connectivity index (χ0v) is 9.69. The van der Waals surface area contributed by atoms with E-state index in [2.05, 4.69) is 27.1 Å². The fourth-order valence-electron chi connectivity index (χ4n) is 1.84. The Morgan fingerprint density at radius 1 is 1.44 bits per heavy atom. The molecular weight excluding hydrogens is 202 g/mol. The molecule has 2 rings (SSSR count). The first-order valence-electron chi connectivity index (χ1n) is 5.85. The van der Waals surface area contributed by atoms with Crippen molar-refractivity contribution >= 4 is 11.6 Å². The molecule has 1 saturated carbocycles. The van der Waals surface area contributed by atoms with Gasteiger partial charge in [0, 0.05) is 31.5 Å². The fraction of sp³-hybridized carbons (Fsp3) is 0.636. The first-order valence-corrected chi connectivity index (χ1v) is 5.85. The second-order valence-corrected chi connectivity index (χ2v) is 4.08. The van der Waals surface area contributed by atoms with Crippen LogP contribution >= 0.6 is 0 Å². The van der Waals surface area contributed by atoms with Gasteiger partial charge in [0.25, 0.3) is 0 Å². The standard InChI is InChI=1S/C11H19N5/c1-2-16(9-3-4-9)8-7-15-11-10(12)13-5-6-14-11/h5-6,9H,2-4,7-8H2,1H3,(H2,12,13)(H,14,15). The molecule has 1 fully saturated rings. The molecule has 88 valence electrons. The summed E-state index contributed by atoms with van der Waals surface area (Å²) < 4.78 is 0. The van der Waals surface area contributed by atoms with Gasteiger partial charge in [-0.25, -0.2) is 9.97 Å². The molecule has 0 saturated heterocycles. The van der Waals surface area contributed by atoms with E-state index in [1.165, 1.54) is 12.8 Å². The average Bonchev–Trinajstić information content (AvgIpc) is 3.11. The van der Waals surface area contributed by atoms with Crippen molar-refractivity contribution in [2.75, 3.05) is 30.7 Å². The van der Waals surface area contributed by atoms with Crippen molar-refractivity contribution in [1.29, 1.82) is 0 Å². The van der Waals surface area contributed by atoms with Crippen LogP contribution in [0.3, 0.4) is 0 Å². The number of nitrogens with one attached hydrogen (secondary N) is 1. The summed E-state index contributed by atoms with van der Waals surface area (Å²) in [6.07, 6.45) is 5.95. The smallest absolute Gasteiger partial charge is 0.168 e. The number of nitrogens with two attached hydrogens (primary N) is 1. The van der Waals surface area contributed by atoms with Crippen LogP contribution in [-0.2, 0) is 0 Å². The molecule has 0 unspecified atom stereocenters. The van der Waals surface area contributed by atoms with Gasteiger partial charge in [0.1, 0.15) is 0 Å². The predicted molar refractivity (Wildman–Crippen MR) is 65.2 cm³/mol. The summed E-state index contributed by atoms with van der Waals surface area (Å²) in [6, 6.07) is 0.811. The number of likely N-dealkylation sites (N-methyl/N-ethyl adjacent to an activating group) is 1. The van der Waals surface area contributed by atoms with Gasteiger partial charge in [-0.2, -0.15) is 0 Å². The Morgan fingerprint density at radius 3 is 2.81 bits per heavy atom. The third-order valence-electron chi connectivity index (χ3n) is 2.89. The molecule has 1 aliphatic rings. The van der Waals surface area contributed by atoms with Crippen LogP contribution in [0.2, 0.25) is 0 Å².